The molecule has 1 heterocycles. The Kier molecular flexibility index (Phi) is 2.07. The van der Waals surface area contributed by atoms with Gasteiger partial charge in [-0.2, -0.15) is 0 Å². The minimum Gasteiger partial charge on any atom is -0.350 e. The Balaban J connectivity index is 2.57. The average molecular weight is 121 g/mol. The van der Waals surface area contributed by atoms with Crippen LogP contribution >= 0.6 is 0 Å². The Labute approximate surface area is 54.5 Å². The van der Waals surface area contributed by atoms with Crippen LogP contribution in [0.4, 0.5) is 0 Å². The summed E-state index contributed by atoms with van der Waals surface area (Å²) in [5.41, 5.74) is 0. The molecular formula is C5H8BN3. The molecule has 3 nitrogen and oxygen atoms in total. The lowest BCUT2D eigenvalue weighted by Gasteiger charge is -1.78. The van der Waals surface area contributed by atoms with Crippen LogP contribution in [-0.2, 0) is 0 Å². The van der Waals surface area contributed by atoms with Gasteiger partial charge in [0, 0.05) is 18.6 Å². The molecule has 1 aromatic rings. The van der Waals surface area contributed by atoms with Gasteiger partial charge >= 0.3 is 0 Å². The van der Waals surface area contributed by atoms with Crippen LogP contribution in [0.25, 0.3) is 0 Å². The van der Waals surface area contributed by atoms with Gasteiger partial charge in [-0.25, -0.2) is 4.98 Å². The lowest BCUT2D eigenvalue weighted by atomic mass is 10.0. The number of rotatable bonds is 2. The normalized spacial score (nSPS) is 10.3. The summed E-state index contributed by atoms with van der Waals surface area (Å²) in [6, 6.07) is 0. The Bertz CT molecular complexity index is 180. The van der Waals surface area contributed by atoms with Crippen LogP contribution < -0.4 is 0 Å². The minimum atomic E-state index is 0.806. The molecule has 4 heteroatoms. The third kappa shape index (κ3) is 1.72. The van der Waals surface area contributed by atoms with Crippen LogP contribution in [0.5, 0.6) is 0 Å². The lowest BCUT2D eigenvalue weighted by Crippen LogP contribution is -1.84. The number of aromatic nitrogens is 2. The van der Waals surface area contributed by atoms with Gasteiger partial charge in [0.05, 0.1) is 0 Å². The third-order valence-electron chi connectivity index (χ3n) is 0.916. The molecular weight excluding hydrogens is 113 g/mol. The zero-order valence-corrected chi connectivity index (χ0v) is 5.33. The summed E-state index contributed by atoms with van der Waals surface area (Å²) in [4.78, 5) is 10.9. The van der Waals surface area contributed by atoms with E-state index >= 15 is 0 Å². The van der Waals surface area contributed by atoms with Crippen LogP contribution in [0.15, 0.2) is 17.3 Å². The van der Waals surface area contributed by atoms with Gasteiger partial charge in [0.1, 0.15) is 5.82 Å². The second-order valence-corrected chi connectivity index (χ2v) is 1.60. The highest BCUT2D eigenvalue weighted by molar-refractivity contribution is 6.33. The summed E-state index contributed by atoms with van der Waals surface area (Å²) in [6.45, 7) is 1.99. The SMILES string of the molecule is CBN=Cc1ncc[nH]1. The van der Waals surface area contributed by atoms with E-state index in [1.807, 2.05) is 6.82 Å². The van der Waals surface area contributed by atoms with Crippen molar-refractivity contribution in [3.8, 4) is 0 Å². The molecule has 0 aliphatic rings. The Morgan fingerprint density at radius 1 is 1.89 bits per heavy atom. The quantitative estimate of drug-likeness (QED) is 0.441. The first-order chi connectivity index (χ1) is 4.43. The Hall–Kier alpha value is -1.06. The molecule has 0 saturated carbocycles. The summed E-state index contributed by atoms with van der Waals surface area (Å²) in [7, 11) is 0.806. The largest absolute Gasteiger partial charge is 0.350 e. The summed E-state index contributed by atoms with van der Waals surface area (Å²) >= 11 is 0. The van der Waals surface area contributed by atoms with Crippen LogP contribution in [0.2, 0.25) is 6.82 Å². The van der Waals surface area contributed by atoms with E-state index in [0.717, 1.165) is 13.2 Å². The van der Waals surface area contributed by atoms with Gasteiger partial charge in [-0.3, -0.25) is 0 Å². The first-order valence-electron chi connectivity index (χ1n) is 2.92. The Morgan fingerprint density at radius 2 is 2.78 bits per heavy atom. The second kappa shape index (κ2) is 3.07. The van der Waals surface area contributed by atoms with Crippen LogP contribution in [0, 0.1) is 0 Å². The standard InChI is InChI=1S/C5H8BN3/c1-6-9-4-5-7-2-3-8-5/h2-4,6H,1H3,(H,7,8). The van der Waals surface area contributed by atoms with E-state index in [2.05, 4.69) is 14.9 Å². The third-order valence-corrected chi connectivity index (χ3v) is 0.916. The summed E-state index contributed by atoms with van der Waals surface area (Å²) < 4.78 is 0. The molecule has 1 rings (SSSR count). The van der Waals surface area contributed by atoms with Gasteiger partial charge in [0.25, 0.3) is 7.41 Å². The molecule has 0 aliphatic heterocycles. The predicted molar refractivity (Wildman–Crippen MR) is 39.2 cm³/mol. The second-order valence-electron chi connectivity index (χ2n) is 1.60. The van der Waals surface area contributed by atoms with Gasteiger partial charge in [0.15, 0.2) is 0 Å². The molecule has 0 unspecified atom stereocenters. The molecule has 0 aliphatic carbocycles. The van der Waals surface area contributed by atoms with Crippen LogP contribution in [0.3, 0.4) is 0 Å². The highest BCUT2D eigenvalue weighted by Crippen LogP contribution is 1.80. The molecule has 1 aromatic heterocycles. The summed E-state index contributed by atoms with van der Waals surface area (Å²) in [6.07, 6.45) is 5.20. The van der Waals surface area contributed by atoms with Crippen molar-refractivity contribution in [2.75, 3.05) is 0 Å². The first kappa shape index (κ1) is 6.07. The Morgan fingerprint density at radius 3 is 3.33 bits per heavy atom. The van der Waals surface area contributed by atoms with E-state index in [0.29, 0.717) is 0 Å². The molecule has 0 saturated heterocycles. The predicted octanol–water partition coefficient (Wildman–Crippen LogP) is 0.228. The maximum absolute atomic E-state index is 4.00. The van der Waals surface area contributed by atoms with Gasteiger partial charge in [-0.15, -0.1) is 0 Å². The molecule has 0 amide bonds. The molecule has 0 aromatic carbocycles. The van der Waals surface area contributed by atoms with Crippen molar-refractivity contribution in [3.05, 3.63) is 18.2 Å². The van der Waals surface area contributed by atoms with Crippen molar-refractivity contribution in [3.63, 3.8) is 0 Å². The van der Waals surface area contributed by atoms with Crippen molar-refractivity contribution in [1.29, 1.82) is 0 Å². The topological polar surface area (TPSA) is 41.0 Å². The van der Waals surface area contributed by atoms with E-state index < -0.39 is 0 Å². The van der Waals surface area contributed by atoms with Crippen LogP contribution in [0.1, 0.15) is 5.82 Å². The van der Waals surface area contributed by atoms with E-state index in [4.69, 9.17) is 0 Å². The van der Waals surface area contributed by atoms with Crippen molar-refractivity contribution < 1.29 is 0 Å². The maximum atomic E-state index is 4.00. The maximum Gasteiger partial charge on any atom is 0.258 e. The highest BCUT2D eigenvalue weighted by Gasteiger charge is 1.83. The molecule has 0 spiro atoms. The monoisotopic (exact) mass is 121 g/mol. The van der Waals surface area contributed by atoms with Crippen LogP contribution in [-0.4, -0.2) is 23.6 Å². The fraction of sp³-hybridized carbons (Fsp3) is 0.200. The molecule has 0 fully saturated rings. The average Bonchev–Trinajstić information content (AvgIpc) is 2.34. The van der Waals surface area contributed by atoms with Gasteiger partial charge in [-0.05, 0) is 0 Å². The van der Waals surface area contributed by atoms with Gasteiger partial charge < -0.3 is 9.89 Å². The molecule has 9 heavy (non-hydrogen) atoms. The fourth-order valence-corrected chi connectivity index (χ4v) is 0.526. The van der Waals surface area contributed by atoms with E-state index in [9.17, 15) is 0 Å². The van der Waals surface area contributed by atoms with E-state index in [1.165, 1.54) is 0 Å². The number of nitrogens with one attached hydrogen (secondary N) is 1. The molecule has 0 atom stereocenters. The fourth-order valence-electron chi connectivity index (χ4n) is 0.526. The lowest BCUT2D eigenvalue weighted by molar-refractivity contribution is 1.28. The number of nitrogens with zero attached hydrogens (tertiary/aromatic N) is 2. The number of hydrogen-bond acceptors (Lipinski definition) is 2. The molecule has 1 N–H and O–H groups in total. The number of imidazole rings is 1. The molecule has 0 radical (unpaired) electrons. The van der Waals surface area contributed by atoms with Gasteiger partial charge in [-0.1, -0.05) is 6.82 Å². The molecule has 0 bridgehead atoms. The minimum absolute atomic E-state index is 0.806. The van der Waals surface area contributed by atoms with Crippen molar-refractivity contribution in [2.24, 2.45) is 4.90 Å². The van der Waals surface area contributed by atoms with E-state index in [1.54, 1.807) is 18.6 Å². The summed E-state index contributed by atoms with van der Waals surface area (Å²) in [5, 5.41) is 0. The highest BCUT2D eigenvalue weighted by atomic mass is 14.9. The molecule has 46 valence electrons. The zero-order chi connectivity index (χ0) is 6.53. The van der Waals surface area contributed by atoms with Gasteiger partial charge in [0.2, 0.25) is 0 Å². The van der Waals surface area contributed by atoms with Crippen molar-refractivity contribution in [1.82, 2.24) is 9.97 Å². The van der Waals surface area contributed by atoms with Crippen molar-refractivity contribution in [2.45, 2.75) is 6.82 Å². The summed E-state index contributed by atoms with van der Waals surface area (Å²) in [5.74, 6) is 0.817. The zero-order valence-electron chi connectivity index (χ0n) is 5.33. The van der Waals surface area contributed by atoms with Crippen molar-refractivity contribution >= 4 is 13.6 Å². The number of hydrogen-bond donors (Lipinski definition) is 1. The number of aromatic amines is 1. The number of H-pyrrole nitrogens is 1. The smallest absolute Gasteiger partial charge is 0.258 e. The van der Waals surface area contributed by atoms with E-state index in [-0.39, 0.29) is 0 Å². The first-order valence-corrected chi connectivity index (χ1v) is 2.92.